The number of carbonyl (C=O) groups excluding carboxylic acids is 1. The van der Waals surface area contributed by atoms with Crippen molar-refractivity contribution in [1.82, 2.24) is 15.0 Å². The van der Waals surface area contributed by atoms with E-state index in [4.69, 9.17) is 11.6 Å². The third-order valence-electron chi connectivity index (χ3n) is 3.07. The molecular formula is C16H13ClN4O. The van der Waals surface area contributed by atoms with Gasteiger partial charge in [-0.2, -0.15) is 9.90 Å². The maximum atomic E-state index is 12.3. The number of anilines is 1. The molecule has 0 saturated carbocycles. The number of nitrogens with zero attached hydrogens (tertiary/aromatic N) is 3. The van der Waals surface area contributed by atoms with E-state index in [0.29, 0.717) is 16.4 Å². The van der Waals surface area contributed by atoms with Gasteiger partial charge in [0.05, 0.1) is 11.4 Å². The van der Waals surface area contributed by atoms with Gasteiger partial charge in [-0.15, -0.1) is 5.10 Å². The smallest absolute Gasteiger partial charge is 0.278 e. The molecular weight excluding hydrogens is 300 g/mol. The zero-order chi connectivity index (χ0) is 15.5. The van der Waals surface area contributed by atoms with Crippen molar-refractivity contribution in [3.05, 3.63) is 71.0 Å². The van der Waals surface area contributed by atoms with Gasteiger partial charge in [-0.05, 0) is 37.3 Å². The fraction of sp³-hybridized carbons (Fsp3) is 0.0625. The Morgan fingerprint density at radius 2 is 1.86 bits per heavy atom. The lowest BCUT2D eigenvalue weighted by molar-refractivity contribution is 0.102. The van der Waals surface area contributed by atoms with Crippen molar-refractivity contribution in [1.29, 1.82) is 0 Å². The third-order valence-corrected chi connectivity index (χ3v) is 3.30. The van der Waals surface area contributed by atoms with Crippen molar-refractivity contribution < 1.29 is 4.79 Å². The number of rotatable bonds is 3. The Hall–Kier alpha value is -2.66. The second-order valence-electron chi connectivity index (χ2n) is 4.72. The lowest BCUT2D eigenvalue weighted by Gasteiger charge is -2.03. The maximum absolute atomic E-state index is 12.3. The molecule has 1 N–H and O–H groups in total. The van der Waals surface area contributed by atoms with E-state index in [2.05, 4.69) is 15.5 Å². The highest BCUT2D eigenvalue weighted by atomic mass is 35.5. The average molecular weight is 313 g/mol. The number of hydrogen-bond donors (Lipinski definition) is 1. The Kier molecular flexibility index (Phi) is 3.89. The number of aryl methyl sites for hydroxylation is 1. The first-order chi connectivity index (χ1) is 10.6. The predicted octanol–water partition coefficient (Wildman–Crippen LogP) is 3.48. The second kappa shape index (κ2) is 5.99. The van der Waals surface area contributed by atoms with Gasteiger partial charge in [-0.3, -0.25) is 4.79 Å². The van der Waals surface area contributed by atoms with E-state index in [-0.39, 0.29) is 11.6 Å². The third kappa shape index (κ3) is 2.99. The van der Waals surface area contributed by atoms with Crippen LogP contribution in [0.2, 0.25) is 5.02 Å². The molecule has 1 heterocycles. The number of hydrogen-bond acceptors (Lipinski definition) is 3. The number of aromatic nitrogens is 3. The summed E-state index contributed by atoms with van der Waals surface area (Å²) in [5, 5.41) is 11.9. The molecule has 2 aromatic carbocycles. The minimum atomic E-state index is -0.318. The molecule has 5 nitrogen and oxygen atoms in total. The molecule has 1 aromatic heterocycles. The van der Waals surface area contributed by atoms with Gasteiger partial charge in [-0.25, -0.2) is 0 Å². The van der Waals surface area contributed by atoms with Crippen LogP contribution in [-0.2, 0) is 0 Å². The van der Waals surface area contributed by atoms with Crippen LogP contribution in [0.5, 0.6) is 0 Å². The molecule has 0 aliphatic heterocycles. The maximum Gasteiger partial charge on any atom is 0.278 e. The summed E-state index contributed by atoms with van der Waals surface area (Å²) in [6.07, 6.45) is 0. The summed E-state index contributed by atoms with van der Waals surface area (Å²) < 4.78 is 0. The summed E-state index contributed by atoms with van der Waals surface area (Å²) in [5.74, 6) is -0.318. The van der Waals surface area contributed by atoms with E-state index < -0.39 is 0 Å². The highest BCUT2D eigenvalue weighted by molar-refractivity contribution is 6.30. The number of amides is 1. The first kappa shape index (κ1) is 14.3. The molecule has 0 saturated heterocycles. The van der Waals surface area contributed by atoms with Crippen LogP contribution in [-0.4, -0.2) is 20.9 Å². The van der Waals surface area contributed by atoms with Gasteiger partial charge >= 0.3 is 0 Å². The Balaban J connectivity index is 1.86. The highest BCUT2D eigenvalue weighted by Crippen LogP contribution is 2.16. The van der Waals surface area contributed by atoms with E-state index in [1.807, 2.05) is 30.3 Å². The SMILES string of the molecule is Cc1nn(-c2ccccc2)nc1C(=O)Nc1cccc(Cl)c1. The summed E-state index contributed by atoms with van der Waals surface area (Å²) >= 11 is 5.91. The topological polar surface area (TPSA) is 59.8 Å². The van der Waals surface area contributed by atoms with Gasteiger partial charge in [-0.1, -0.05) is 35.9 Å². The summed E-state index contributed by atoms with van der Waals surface area (Å²) in [6, 6.07) is 16.4. The van der Waals surface area contributed by atoms with Crippen molar-refractivity contribution in [2.75, 3.05) is 5.32 Å². The van der Waals surface area contributed by atoms with Gasteiger partial charge in [0.25, 0.3) is 5.91 Å². The first-order valence-electron chi connectivity index (χ1n) is 6.70. The monoisotopic (exact) mass is 312 g/mol. The summed E-state index contributed by atoms with van der Waals surface area (Å²) in [7, 11) is 0. The Bertz CT molecular complexity index is 814. The number of carbonyl (C=O) groups is 1. The largest absolute Gasteiger partial charge is 0.320 e. The standard InChI is InChI=1S/C16H13ClN4O/c1-11-15(16(22)18-13-7-5-6-12(17)10-13)20-21(19-11)14-8-3-2-4-9-14/h2-10H,1H3,(H,18,22). The van der Waals surface area contributed by atoms with Crippen molar-refractivity contribution in [2.45, 2.75) is 6.92 Å². The molecule has 0 fully saturated rings. The van der Waals surface area contributed by atoms with Crippen LogP contribution in [0.25, 0.3) is 5.69 Å². The zero-order valence-electron chi connectivity index (χ0n) is 11.8. The highest BCUT2D eigenvalue weighted by Gasteiger charge is 2.16. The minimum Gasteiger partial charge on any atom is -0.320 e. The molecule has 1 amide bonds. The predicted molar refractivity (Wildman–Crippen MR) is 85.5 cm³/mol. The second-order valence-corrected chi connectivity index (χ2v) is 5.16. The van der Waals surface area contributed by atoms with Crippen LogP contribution in [0.3, 0.4) is 0 Å². The molecule has 22 heavy (non-hydrogen) atoms. The Labute approximate surface area is 132 Å². The van der Waals surface area contributed by atoms with E-state index in [1.165, 1.54) is 4.80 Å². The Morgan fingerprint density at radius 1 is 1.09 bits per heavy atom. The molecule has 3 rings (SSSR count). The van der Waals surface area contributed by atoms with Crippen molar-refractivity contribution >= 4 is 23.2 Å². The summed E-state index contributed by atoms with van der Waals surface area (Å²) in [4.78, 5) is 13.8. The molecule has 110 valence electrons. The average Bonchev–Trinajstić information content (AvgIpc) is 2.90. The molecule has 0 atom stereocenters. The van der Waals surface area contributed by atoms with Crippen LogP contribution < -0.4 is 5.32 Å². The lowest BCUT2D eigenvalue weighted by atomic mass is 10.3. The molecule has 0 spiro atoms. The minimum absolute atomic E-state index is 0.281. The Morgan fingerprint density at radius 3 is 2.59 bits per heavy atom. The van der Waals surface area contributed by atoms with E-state index in [9.17, 15) is 4.79 Å². The van der Waals surface area contributed by atoms with Gasteiger partial charge in [0, 0.05) is 10.7 Å². The molecule has 6 heteroatoms. The number of para-hydroxylation sites is 1. The van der Waals surface area contributed by atoms with E-state index in [0.717, 1.165) is 5.69 Å². The van der Waals surface area contributed by atoms with Crippen LogP contribution in [0.1, 0.15) is 16.2 Å². The van der Waals surface area contributed by atoms with Gasteiger partial charge in [0.1, 0.15) is 0 Å². The van der Waals surface area contributed by atoms with Crippen molar-refractivity contribution in [2.24, 2.45) is 0 Å². The number of nitrogens with one attached hydrogen (secondary N) is 1. The van der Waals surface area contributed by atoms with Crippen LogP contribution in [0.4, 0.5) is 5.69 Å². The summed E-state index contributed by atoms with van der Waals surface area (Å²) in [5.41, 5.74) is 2.26. The van der Waals surface area contributed by atoms with Gasteiger partial charge in [0.15, 0.2) is 5.69 Å². The number of halogens is 1. The van der Waals surface area contributed by atoms with E-state index in [1.54, 1.807) is 31.2 Å². The molecule has 0 bridgehead atoms. The van der Waals surface area contributed by atoms with Crippen molar-refractivity contribution in [3.8, 4) is 5.69 Å². The normalized spacial score (nSPS) is 10.5. The van der Waals surface area contributed by atoms with Crippen molar-refractivity contribution in [3.63, 3.8) is 0 Å². The van der Waals surface area contributed by atoms with Gasteiger partial charge in [0.2, 0.25) is 0 Å². The zero-order valence-corrected chi connectivity index (χ0v) is 12.6. The molecule has 3 aromatic rings. The van der Waals surface area contributed by atoms with E-state index >= 15 is 0 Å². The van der Waals surface area contributed by atoms with Crippen LogP contribution >= 0.6 is 11.6 Å². The first-order valence-corrected chi connectivity index (χ1v) is 7.07. The van der Waals surface area contributed by atoms with Crippen LogP contribution in [0.15, 0.2) is 54.6 Å². The quantitative estimate of drug-likeness (QED) is 0.805. The summed E-state index contributed by atoms with van der Waals surface area (Å²) in [6.45, 7) is 1.75. The van der Waals surface area contributed by atoms with Crippen LogP contribution in [0, 0.1) is 6.92 Å². The molecule has 0 aliphatic carbocycles. The molecule has 0 aliphatic rings. The lowest BCUT2D eigenvalue weighted by Crippen LogP contribution is -2.14. The molecule has 0 radical (unpaired) electrons. The van der Waals surface area contributed by atoms with Gasteiger partial charge < -0.3 is 5.32 Å². The fourth-order valence-corrected chi connectivity index (χ4v) is 2.21. The molecule has 0 unspecified atom stereocenters. The fourth-order valence-electron chi connectivity index (χ4n) is 2.02. The number of benzene rings is 2.